The molecule has 0 unspecified atom stereocenters. The Morgan fingerprint density at radius 1 is 1.25 bits per heavy atom. The van der Waals surface area contributed by atoms with E-state index in [1.165, 1.54) is 0 Å². The molecule has 2 rings (SSSR count). The molecule has 84 valence electrons. The number of methoxy groups -OCH3 is 1. The van der Waals surface area contributed by atoms with Crippen LogP contribution in [0.5, 0.6) is 5.88 Å². The SMILES string of the molecule is COc1ccc(-c2ccn(C(C)C)n2)cn1. The van der Waals surface area contributed by atoms with Crippen molar-refractivity contribution in [2.45, 2.75) is 19.9 Å². The Morgan fingerprint density at radius 3 is 2.56 bits per heavy atom. The molecule has 4 heteroatoms. The van der Waals surface area contributed by atoms with E-state index in [0.29, 0.717) is 11.9 Å². The fourth-order valence-corrected chi connectivity index (χ4v) is 1.43. The number of hydrogen-bond acceptors (Lipinski definition) is 3. The molecular weight excluding hydrogens is 202 g/mol. The highest BCUT2D eigenvalue weighted by molar-refractivity contribution is 5.57. The van der Waals surface area contributed by atoms with Gasteiger partial charge >= 0.3 is 0 Å². The lowest BCUT2D eigenvalue weighted by Crippen LogP contribution is -2.00. The molecule has 2 aromatic rings. The van der Waals surface area contributed by atoms with Crippen molar-refractivity contribution in [2.75, 3.05) is 7.11 Å². The second-order valence-corrected chi connectivity index (χ2v) is 3.86. The first-order valence-electron chi connectivity index (χ1n) is 5.26. The molecular formula is C12H15N3O. The summed E-state index contributed by atoms with van der Waals surface area (Å²) in [6, 6.07) is 6.16. The average molecular weight is 217 g/mol. The average Bonchev–Trinajstić information content (AvgIpc) is 2.78. The van der Waals surface area contributed by atoms with Crippen LogP contribution in [0.2, 0.25) is 0 Å². The highest BCUT2D eigenvalue weighted by atomic mass is 16.5. The van der Waals surface area contributed by atoms with Gasteiger partial charge in [-0.1, -0.05) is 0 Å². The van der Waals surface area contributed by atoms with Crippen LogP contribution in [0.3, 0.4) is 0 Å². The highest BCUT2D eigenvalue weighted by Crippen LogP contribution is 2.19. The van der Waals surface area contributed by atoms with Crippen LogP contribution in [-0.4, -0.2) is 21.9 Å². The summed E-state index contributed by atoms with van der Waals surface area (Å²) in [7, 11) is 1.61. The number of pyridine rings is 1. The van der Waals surface area contributed by atoms with Gasteiger partial charge in [-0.15, -0.1) is 0 Å². The van der Waals surface area contributed by atoms with Crippen molar-refractivity contribution >= 4 is 0 Å². The van der Waals surface area contributed by atoms with Gasteiger partial charge in [0.2, 0.25) is 5.88 Å². The van der Waals surface area contributed by atoms with Crippen LogP contribution in [0.25, 0.3) is 11.3 Å². The molecule has 0 spiro atoms. The Hall–Kier alpha value is -1.84. The summed E-state index contributed by atoms with van der Waals surface area (Å²) < 4.78 is 6.94. The van der Waals surface area contributed by atoms with E-state index < -0.39 is 0 Å². The molecule has 0 aliphatic rings. The van der Waals surface area contributed by atoms with Gasteiger partial charge in [0.25, 0.3) is 0 Å². The van der Waals surface area contributed by atoms with Crippen LogP contribution < -0.4 is 4.74 Å². The number of aromatic nitrogens is 3. The third-order valence-electron chi connectivity index (χ3n) is 2.38. The predicted octanol–water partition coefficient (Wildman–Crippen LogP) is 2.53. The van der Waals surface area contributed by atoms with Gasteiger partial charge in [-0.2, -0.15) is 5.10 Å². The van der Waals surface area contributed by atoms with Crippen LogP contribution in [0.4, 0.5) is 0 Å². The van der Waals surface area contributed by atoms with E-state index in [9.17, 15) is 0 Å². The number of nitrogens with zero attached hydrogens (tertiary/aromatic N) is 3. The lowest BCUT2D eigenvalue weighted by molar-refractivity contribution is 0.398. The third-order valence-corrected chi connectivity index (χ3v) is 2.38. The van der Waals surface area contributed by atoms with Gasteiger partial charge in [0.05, 0.1) is 12.8 Å². The number of rotatable bonds is 3. The molecule has 0 saturated carbocycles. The van der Waals surface area contributed by atoms with Gasteiger partial charge in [0.1, 0.15) is 0 Å². The molecule has 0 aliphatic carbocycles. The summed E-state index contributed by atoms with van der Waals surface area (Å²) in [6.45, 7) is 4.20. The van der Waals surface area contributed by atoms with E-state index in [0.717, 1.165) is 11.3 Å². The van der Waals surface area contributed by atoms with Crippen LogP contribution in [0, 0.1) is 0 Å². The zero-order valence-electron chi connectivity index (χ0n) is 9.71. The minimum absolute atomic E-state index is 0.375. The monoisotopic (exact) mass is 217 g/mol. The van der Waals surface area contributed by atoms with Crippen molar-refractivity contribution in [1.82, 2.24) is 14.8 Å². The molecule has 0 fully saturated rings. The number of hydrogen-bond donors (Lipinski definition) is 0. The van der Waals surface area contributed by atoms with Crippen molar-refractivity contribution in [3.8, 4) is 17.1 Å². The predicted molar refractivity (Wildman–Crippen MR) is 62.4 cm³/mol. The molecule has 2 aromatic heterocycles. The summed E-state index contributed by atoms with van der Waals surface area (Å²) in [5.41, 5.74) is 1.93. The molecule has 0 amide bonds. The largest absolute Gasteiger partial charge is 0.481 e. The van der Waals surface area contributed by atoms with Crippen LogP contribution in [0.1, 0.15) is 19.9 Å². The Balaban J connectivity index is 2.28. The quantitative estimate of drug-likeness (QED) is 0.793. The summed E-state index contributed by atoms with van der Waals surface area (Å²) >= 11 is 0. The van der Waals surface area contributed by atoms with Gasteiger partial charge in [-0.3, -0.25) is 4.68 Å². The first kappa shape index (κ1) is 10.7. The molecule has 0 radical (unpaired) electrons. The first-order valence-corrected chi connectivity index (χ1v) is 5.26. The van der Waals surface area contributed by atoms with E-state index in [2.05, 4.69) is 23.9 Å². The summed E-state index contributed by atoms with van der Waals surface area (Å²) in [6.07, 6.45) is 3.75. The van der Waals surface area contributed by atoms with Crippen molar-refractivity contribution in [2.24, 2.45) is 0 Å². The van der Waals surface area contributed by atoms with E-state index in [1.807, 2.05) is 29.1 Å². The maximum atomic E-state index is 5.01. The van der Waals surface area contributed by atoms with Gasteiger partial charge in [-0.25, -0.2) is 4.98 Å². The third kappa shape index (κ3) is 2.05. The maximum Gasteiger partial charge on any atom is 0.212 e. The minimum Gasteiger partial charge on any atom is -0.481 e. The Bertz CT molecular complexity index is 459. The Morgan fingerprint density at radius 2 is 2.06 bits per heavy atom. The molecule has 0 bridgehead atoms. The fraction of sp³-hybridized carbons (Fsp3) is 0.333. The second kappa shape index (κ2) is 4.35. The molecule has 0 aliphatic heterocycles. The molecule has 0 saturated heterocycles. The lowest BCUT2D eigenvalue weighted by atomic mass is 10.2. The zero-order chi connectivity index (χ0) is 11.5. The Kier molecular flexibility index (Phi) is 2.90. The smallest absolute Gasteiger partial charge is 0.212 e. The van der Waals surface area contributed by atoms with Crippen LogP contribution in [0.15, 0.2) is 30.6 Å². The van der Waals surface area contributed by atoms with Crippen molar-refractivity contribution < 1.29 is 4.74 Å². The van der Waals surface area contributed by atoms with E-state index in [4.69, 9.17) is 4.74 Å². The van der Waals surface area contributed by atoms with E-state index >= 15 is 0 Å². The summed E-state index contributed by atoms with van der Waals surface area (Å²) in [4.78, 5) is 4.16. The first-order chi connectivity index (χ1) is 7.70. The molecule has 4 nitrogen and oxygen atoms in total. The summed E-state index contributed by atoms with van der Waals surface area (Å²) in [5, 5.41) is 4.47. The van der Waals surface area contributed by atoms with E-state index in [1.54, 1.807) is 13.3 Å². The summed E-state index contributed by atoms with van der Waals surface area (Å²) in [5.74, 6) is 0.618. The van der Waals surface area contributed by atoms with Crippen molar-refractivity contribution in [1.29, 1.82) is 0 Å². The topological polar surface area (TPSA) is 39.9 Å². The molecule has 2 heterocycles. The second-order valence-electron chi connectivity index (χ2n) is 3.86. The van der Waals surface area contributed by atoms with Crippen LogP contribution >= 0.6 is 0 Å². The molecule has 0 N–H and O–H groups in total. The van der Waals surface area contributed by atoms with Crippen molar-refractivity contribution in [3.05, 3.63) is 30.6 Å². The Labute approximate surface area is 94.9 Å². The van der Waals surface area contributed by atoms with Gasteiger partial charge < -0.3 is 4.74 Å². The zero-order valence-corrected chi connectivity index (χ0v) is 9.71. The lowest BCUT2D eigenvalue weighted by Gasteiger charge is -2.04. The maximum absolute atomic E-state index is 5.01. The van der Waals surface area contributed by atoms with Gasteiger partial charge in [0, 0.05) is 30.1 Å². The van der Waals surface area contributed by atoms with Gasteiger partial charge in [0.15, 0.2) is 0 Å². The van der Waals surface area contributed by atoms with Gasteiger partial charge in [-0.05, 0) is 26.0 Å². The minimum atomic E-state index is 0.375. The molecule has 0 atom stereocenters. The fourth-order valence-electron chi connectivity index (χ4n) is 1.43. The van der Waals surface area contributed by atoms with Crippen LogP contribution in [-0.2, 0) is 0 Å². The molecule has 0 aromatic carbocycles. The normalized spacial score (nSPS) is 10.8. The standard InChI is InChI=1S/C12H15N3O/c1-9(2)15-7-6-11(14-15)10-4-5-12(16-3)13-8-10/h4-9H,1-3H3. The number of ether oxygens (including phenoxy) is 1. The van der Waals surface area contributed by atoms with Crippen molar-refractivity contribution in [3.63, 3.8) is 0 Å². The van der Waals surface area contributed by atoms with E-state index in [-0.39, 0.29) is 0 Å². The highest BCUT2D eigenvalue weighted by Gasteiger charge is 2.04. The molecule has 16 heavy (non-hydrogen) atoms.